The van der Waals surface area contributed by atoms with E-state index in [1.54, 1.807) is 0 Å². The van der Waals surface area contributed by atoms with Crippen LogP contribution in [0.15, 0.2) is 0 Å². The van der Waals surface area contributed by atoms with Crippen LogP contribution < -0.4 is 0 Å². The van der Waals surface area contributed by atoms with Crippen LogP contribution in [0.3, 0.4) is 0 Å². The fourth-order valence-corrected chi connectivity index (χ4v) is 0.971. The molecule has 0 saturated heterocycles. The largest absolute Gasteiger partial charge is 0.481 e. The molecule has 0 bridgehead atoms. The molecule has 4 heteroatoms. The molecular formula is C10H21NO3. The SMILES string of the molecule is CN(CC(O)CCC(=O)O)C(C)(C)C. The lowest BCUT2D eigenvalue weighted by molar-refractivity contribution is -0.137. The van der Waals surface area contributed by atoms with Gasteiger partial charge in [0.2, 0.25) is 0 Å². The first kappa shape index (κ1) is 13.4. The Morgan fingerprint density at radius 1 is 1.43 bits per heavy atom. The maximum atomic E-state index is 10.3. The highest BCUT2D eigenvalue weighted by Crippen LogP contribution is 2.11. The van der Waals surface area contributed by atoms with Gasteiger partial charge >= 0.3 is 5.97 Å². The van der Waals surface area contributed by atoms with Gasteiger partial charge in [-0.3, -0.25) is 9.69 Å². The van der Waals surface area contributed by atoms with Crippen molar-refractivity contribution >= 4 is 5.97 Å². The summed E-state index contributed by atoms with van der Waals surface area (Å²) in [6, 6.07) is 0. The maximum absolute atomic E-state index is 10.3. The Morgan fingerprint density at radius 3 is 2.29 bits per heavy atom. The van der Waals surface area contributed by atoms with Gasteiger partial charge in [-0.15, -0.1) is 0 Å². The second-order valence-corrected chi connectivity index (χ2v) is 4.64. The Morgan fingerprint density at radius 2 is 1.93 bits per heavy atom. The van der Waals surface area contributed by atoms with Crippen LogP contribution in [-0.4, -0.2) is 46.3 Å². The van der Waals surface area contributed by atoms with Gasteiger partial charge in [-0.2, -0.15) is 0 Å². The minimum absolute atomic E-state index is 0.00417. The molecule has 4 nitrogen and oxygen atoms in total. The molecule has 1 atom stereocenters. The van der Waals surface area contributed by atoms with Crippen LogP contribution in [0.4, 0.5) is 0 Å². The third-order valence-corrected chi connectivity index (χ3v) is 2.32. The quantitative estimate of drug-likeness (QED) is 0.698. The first-order valence-corrected chi connectivity index (χ1v) is 4.84. The topological polar surface area (TPSA) is 60.8 Å². The van der Waals surface area contributed by atoms with Crippen molar-refractivity contribution in [2.75, 3.05) is 13.6 Å². The van der Waals surface area contributed by atoms with Crippen molar-refractivity contribution < 1.29 is 15.0 Å². The van der Waals surface area contributed by atoms with E-state index in [1.807, 2.05) is 11.9 Å². The smallest absolute Gasteiger partial charge is 0.303 e. The Bertz CT molecular complexity index is 186. The summed E-state index contributed by atoms with van der Waals surface area (Å²) in [5, 5.41) is 18.0. The minimum Gasteiger partial charge on any atom is -0.481 e. The highest BCUT2D eigenvalue weighted by Gasteiger charge is 2.19. The van der Waals surface area contributed by atoms with Gasteiger partial charge in [-0.1, -0.05) is 0 Å². The van der Waals surface area contributed by atoms with Gasteiger partial charge in [-0.25, -0.2) is 0 Å². The van der Waals surface area contributed by atoms with E-state index in [0.717, 1.165) is 0 Å². The third kappa shape index (κ3) is 5.94. The molecule has 0 rings (SSSR count). The fourth-order valence-electron chi connectivity index (χ4n) is 0.971. The van der Waals surface area contributed by atoms with Crippen molar-refractivity contribution in [2.45, 2.75) is 45.3 Å². The number of β-amino-alcohol motifs (C(OH)–C–C–N with tert-alkyl or cyclic N) is 1. The number of carboxylic acids is 1. The molecule has 0 aromatic heterocycles. The van der Waals surface area contributed by atoms with Crippen LogP contribution in [0.1, 0.15) is 33.6 Å². The number of aliphatic hydroxyl groups excluding tert-OH is 1. The molecule has 0 radical (unpaired) electrons. The van der Waals surface area contributed by atoms with Gasteiger partial charge in [0, 0.05) is 18.5 Å². The predicted molar refractivity (Wildman–Crippen MR) is 55.3 cm³/mol. The third-order valence-electron chi connectivity index (χ3n) is 2.32. The lowest BCUT2D eigenvalue weighted by Gasteiger charge is -2.33. The van der Waals surface area contributed by atoms with Crippen LogP contribution in [0.5, 0.6) is 0 Å². The molecule has 84 valence electrons. The number of aliphatic hydroxyl groups is 1. The summed E-state index contributed by atoms with van der Waals surface area (Å²) in [5.41, 5.74) is 0.00417. The van der Waals surface area contributed by atoms with E-state index < -0.39 is 12.1 Å². The van der Waals surface area contributed by atoms with Crippen molar-refractivity contribution in [1.29, 1.82) is 0 Å². The molecule has 0 aliphatic heterocycles. The van der Waals surface area contributed by atoms with Gasteiger partial charge in [0.1, 0.15) is 0 Å². The summed E-state index contributed by atoms with van der Waals surface area (Å²) in [6.45, 7) is 6.67. The Labute approximate surface area is 85.5 Å². The fraction of sp³-hybridized carbons (Fsp3) is 0.900. The monoisotopic (exact) mass is 203 g/mol. The van der Waals surface area contributed by atoms with Crippen LogP contribution >= 0.6 is 0 Å². The van der Waals surface area contributed by atoms with Crippen molar-refractivity contribution in [3.63, 3.8) is 0 Å². The minimum atomic E-state index is -0.859. The molecule has 0 heterocycles. The normalized spacial score (nSPS) is 14.4. The maximum Gasteiger partial charge on any atom is 0.303 e. The van der Waals surface area contributed by atoms with Crippen molar-refractivity contribution in [3.05, 3.63) is 0 Å². The van der Waals surface area contributed by atoms with E-state index in [4.69, 9.17) is 5.11 Å². The Balaban J connectivity index is 3.82. The number of carboxylic acid groups (broad SMARTS) is 1. The van der Waals surface area contributed by atoms with Crippen molar-refractivity contribution in [1.82, 2.24) is 4.90 Å². The number of hydrogen-bond donors (Lipinski definition) is 2. The summed E-state index contributed by atoms with van der Waals surface area (Å²) >= 11 is 0. The zero-order valence-corrected chi connectivity index (χ0v) is 9.45. The van der Waals surface area contributed by atoms with E-state index in [9.17, 15) is 9.90 Å². The van der Waals surface area contributed by atoms with E-state index in [2.05, 4.69) is 20.8 Å². The average Bonchev–Trinajstić information content (AvgIpc) is 1.99. The van der Waals surface area contributed by atoms with Gasteiger partial charge in [0.15, 0.2) is 0 Å². The molecule has 1 unspecified atom stereocenters. The highest BCUT2D eigenvalue weighted by molar-refractivity contribution is 5.66. The second-order valence-electron chi connectivity index (χ2n) is 4.64. The molecule has 14 heavy (non-hydrogen) atoms. The van der Waals surface area contributed by atoms with E-state index in [1.165, 1.54) is 0 Å². The van der Waals surface area contributed by atoms with Crippen molar-refractivity contribution in [2.24, 2.45) is 0 Å². The number of likely N-dealkylation sites (N-methyl/N-ethyl adjacent to an activating group) is 1. The van der Waals surface area contributed by atoms with Gasteiger partial charge in [0.25, 0.3) is 0 Å². The van der Waals surface area contributed by atoms with Crippen LogP contribution in [0, 0.1) is 0 Å². The summed E-state index contributed by atoms with van der Waals surface area (Å²) in [6.07, 6.45) is -0.218. The van der Waals surface area contributed by atoms with Gasteiger partial charge in [0.05, 0.1) is 6.10 Å². The van der Waals surface area contributed by atoms with Gasteiger partial charge < -0.3 is 10.2 Å². The standard InChI is InChI=1S/C10H21NO3/c1-10(2,3)11(4)7-8(12)5-6-9(13)14/h8,12H,5-7H2,1-4H3,(H,13,14). The lowest BCUT2D eigenvalue weighted by atomic mass is 10.1. The highest BCUT2D eigenvalue weighted by atomic mass is 16.4. The average molecular weight is 203 g/mol. The zero-order valence-electron chi connectivity index (χ0n) is 9.45. The molecule has 0 spiro atoms. The molecule has 0 aromatic rings. The van der Waals surface area contributed by atoms with E-state index in [-0.39, 0.29) is 12.0 Å². The van der Waals surface area contributed by atoms with Crippen LogP contribution in [0.2, 0.25) is 0 Å². The summed E-state index contributed by atoms with van der Waals surface area (Å²) in [5.74, 6) is -0.859. The molecule has 0 aliphatic carbocycles. The first-order valence-electron chi connectivity index (χ1n) is 4.84. The second kappa shape index (κ2) is 5.32. The molecule has 0 fully saturated rings. The van der Waals surface area contributed by atoms with Crippen LogP contribution in [0.25, 0.3) is 0 Å². The van der Waals surface area contributed by atoms with E-state index in [0.29, 0.717) is 13.0 Å². The summed E-state index contributed by atoms with van der Waals surface area (Å²) in [4.78, 5) is 12.3. The molecular weight excluding hydrogens is 182 g/mol. The molecule has 0 amide bonds. The molecule has 0 saturated carbocycles. The zero-order chi connectivity index (χ0) is 11.4. The lowest BCUT2D eigenvalue weighted by Crippen LogP contribution is -2.42. The Kier molecular flexibility index (Phi) is 5.08. The molecule has 2 N–H and O–H groups in total. The number of carbonyl (C=O) groups is 1. The first-order chi connectivity index (χ1) is 6.23. The van der Waals surface area contributed by atoms with Gasteiger partial charge in [-0.05, 0) is 34.2 Å². The summed E-state index contributed by atoms with van der Waals surface area (Å²) in [7, 11) is 1.92. The number of aliphatic carboxylic acids is 1. The van der Waals surface area contributed by atoms with Crippen LogP contribution in [-0.2, 0) is 4.79 Å². The predicted octanol–water partition coefficient (Wildman–Crippen LogP) is 0.942. The number of hydrogen-bond acceptors (Lipinski definition) is 3. The number of nitrogens with zero attached hydrogens (tertiary/aromatic N) is 1. The Hall–Kier alpha value is -0.610. The molecule has 0 aliphatic rings. The summed E-state index contributed by atoms with van der Waals surface area (Å²) < 4.78 is 0. The van der Waals surface area contributed by atoms with Crippen molar-refractivity contribution in [3.8, 4) is 0 Å². The number of rotatable bonds is 5. The molecule has 0 aromatic carbocycles. The van der Waals surface area contributed by atoms with E-state index >= 15 is 0 Å².